The molecular weight excluding hydrogens is 1190 g/mol. The van der Waals surface area contributed by atoms with Crippen molar-refractivity contribution in [3.63, 3.8) is 0 Å². The molecule has 2 heterocycles. The van der Waals surface area contributed by atoms with Crippen LogP contribution in [-0.4, -0.2) is 215 Å². The molecule has 10 atom stereocenters. The maximum atomic E-state index is 14.8. The Morgan fingerprint density at radius 1 is 0.644 bits per heavy atom. The van der Waals surface area contributed by atoms with Crippen LogP contribution in [0, 0.1) is 23.7 Å². The number of alkyl halides is 3. The van der Waals surface area contributed by atoms with Crippen LogP contribution in [-0.2, 0) is 65.3 Å². The number of likely N-dealkylation sites (N-methyl/N-ethyl adjacent to an activating group) is 6. The summed E-state index contributed by atoms with van der Waals surface area (Å²) in [5, 5.41) is 10.5. The number of benzene rings is 1. The van der Waals surface area contributed by atoms with Gasteiger partial charge in [0, 0.05) is 61.3 Å². The molecule has 0 aromatic heterocycles. The molecule has 11 amide bonds. The van der Waals surface area contributed by atoms with Crippen molar-refractivity contribution < 1.29 is 65.9 Å². The number of nitrogens with zero attached hydrogens (tertiary/aromatic N) is 7. The van der Waals surface area contributed by atoms with E-state index in [1.165, 1.54) is 101 Å². The van der Waals surface area contributed by atoms with E-state index in [0.717, 1.165) is 54.0 Å². The molecule has 0 bridgehead atoms. The van der Waals surface area contributed by atoms with Gasteiger partial charge in [-0.05, 0) is 115 Å². The Hall–Kier alpha value is -6.53. The van der Waals surface area contributed by atoms with Gasteiger partial charge in [-0.3, -0.25) is 52.7 Å². The summed E-state index contributed by atoms with van der Waals surface area (Å²) < 4.78 is 41.3. The summed E-state index contributed by atoms with van der Waals surface area (Å²) in [6.07, 6.45) is 0.136. The van der Waals surface area contributed by atoms with E-state index in [9.17, 15) is 65.9 Å². The van der Waals surface area contributed by atoms with Gasteiger partial charge in [-0.25, -0.2) is 0 Å². The zero-order valence-corrected chi connectivity index (χ0v) is 56.7. The first kappa shape index (κ1) is 75.9. The number of hydrogen-bond acceptors (Lipinski definition) is 11. The Morgan fingerprint density at radius 2 is 1.23 bits per heavy atom. The zero-order valence-electron chi connectivity index (χ0n) is 56.0. The first-order valence-electron chi connectivity index (χ1n) is 31.7. The fourth-order valence-corrected chi connectivity index (χ4v) is 11.9. The Morgan fingerprint density at radius 3 is 1.77 bits per heavy atom. The monoisotopic (exact) mass is 1290 g/mol. The van der Waals surface area contributed by atoms with Gasteiger partial charge in [0.25, 0.3) is 0 Å². The number of carbonyl (C=O) groups excluding carboxylic acids is 11. The number of carbonyl (C=O) groups is 11. The predicted octanol–water partition coefficient (Wildman–Crippen LogP) is 5.41. The molecular formula is C64H101ClF3N11O11. The summed E-state index contributed by atoms with van der Waals surface area (Å²) in [5.74, 6) is -7.97. The summed E-state index contributed by atoms with van der Waals surface area (Å²) in [6.45, 7) is 18.0. The molecule has 1 unspecified atom stereocenters. The standard InChI is InChI=1S/C64H101ClF3N11O11/c1-18-38(6)53-61(89)76(15)41(9)56(84)79-29-28-49(79)60(88)77(16)50(34-42-22-20-19-21-23-42)59(87)73(12)35-51(80)69-46(27-25-43-24-26-44(45(65)33-43)64(66,67)68)55(83)70-48(31-37(4)5)58(86)78(17)63(10,11)62(90)71-47(30-36(2)3)57(85)74(13)39(7)32-52(81)75(14)40(8)54(82)72-53/h24,26,33,36-42,46-50,53H,18-23,25,27-32,34-35H2,1-17H3,(H,69,80)(H,70,83)(H,71,90)(H,72,82)/t38-,39+,40-,41-,46-,47-,48-,49?,50-,53-/m0/s1. The molecule has 26 heteroatoms. The third-order valence-electron chi connectivity index (χ3n) is 18.7. The van der Waals surface area contributed by atoms with Gasteiger partial charge in [0.1, 0.15) is 53.9 Å². The van der Waals surface area contributed by atoms with Gasteiger partial charge < -0.3 is 55.6 Å². The first-order valence-corrected chi connectivity index (χ1v) is 32.1. The molecule has 1 aromatic carbocycles. The molecule has 22 nitrogen and oxygen atoms in total. The summed E-state index contributed by atoms with van der Waals surface area (Å²) in [7, 11) is 8.54. The maximum Gasteiger partial charge on any atom is 0.417 e. The van der Waals surface area contributed by atoms with Crippen molar-refractivity contribution >= 4 is 76.6 Å². The van der Waals surface area contributed by atoms with Crippen molar-refractivity contribution in [1.29, 1.82) is 0 Å². The Labute approximate surface area is 535 Å². The van der Waals surface area contributed by atoms with Gasteiger partial charge in [-0.1, -0.05) is 97.7 Å². The first-order chi connectivity index (χ1) is 41.8. The summed E-state index contributed by atoms with van der Waals surface area (Å²) >= 11 is 6.10. The number of aryl methyl sites for hydroxylation is 1. The summed E-state index contributed by atoms with van der Waals surface area (Å²) in [6, 6.07) is -7.12. The fourth-order valence-electron chi connectivity index (χ4n) is 11.6. The highest BCUT2D eigenvalue weighted by Gasteiger charge is 2.47. The minimum absolute atomic E-state index is 0.0293. The molecule has 1 saturated carbocycles. The van der Waals surface area contributed by atoms with Crippen molar-refractivity contribution in [3.8, 4) is 0 Å². The van der Waals surface area contributed by atoms with E-state index in [2.05, 4.69) is 21.3 Å². The third kappa shape index (κ3) is 19.5. The maximum absolute atomic E-state index is 14.8. The molecule has 4 rings (SSSR count). The average Bonchev–Trinajstić information content (AvgIpc) is 0.813. The lowest BCUT2D eigenvalue weighted by atomic mass is 9.84. The van der Waals surface area contributed by atoms with E-state index in [1.807, 2.05) is 20.8 Å². The van der Waals surface area contributed by atoms with E-state index in [1.54, 1.807) is 27.7 Å². The largest absolute Gasteiger partial charge is 0.417 e. The van der Waals surface area contributed by atoms with Crippen LogP contribution in [0.4, 0.5) is 13.2 Å². The molecule has 2 aliphatic heterocycles. The molecule has 2 saturated heterocycles. The molecule has 90 heavy (non-hydrogen) atoms. The molecule has 506 valence electrons. The lowest BCUT2D eigenvalue weighted by Gasteiger charge is -2.45. The van der Waals surface area contributed by atoms with Gasteiger partial charge in [0.15, 0.2) is 0 Å². The number of fused-ring (bicyclic) bond motifs is 1. The third-order valence-corrected chi connectivity index (χ3v) is 19.0. The van der Waals surface area contributed by atoms with Gasteiger partial charge in [-0.2, -0.15) is 13.2 Å². The summed E-state index contributed by atoms with van der Waals surface area (Å²) in [5.41, 5.74) is -2.48. The second-order valence-corrected chi connectivity index (χ2v) is 27.1. The van der Waals surface area contributed by atoms with E-state index in [-0.39, 0.29) is 74.8 Å². The lowest BCUT2D eigenvalue weighted by Crippen LogP contribution is -2.65. The molecule has 1 aromatic rings. The molecule has 0 spiro atoms. The van der Waals surface area contributed by atoms with E-state index < -0.39 is 154 Å². The lowest BCUT2D eigenvalue weighted by molar-refractivity contribution is -0.160. The van der Waals surface area contributed by atoms with E-state index in [4.69, 9.17) is 11.6 Å². The van der Waals surface area contributed by atoms with Crippen LogP contribution in [0.15, 0.2) is 18.2 Å². The second kappa shape index (κ2) is 32.7. The smallest absolute Gasteiger partial charge is 0.343 e. The van der Waals surface area contributed by atoms with Gasteiger partial charge in [-0.15, -0.1) is 0 Å². The van der Waals surface area contributed by atoms with Crippen LogP contribution in [0.2, 0.25) is 5.02 Å². The van der Waals surface area contributed by atoms with Crippen LogP contribution >= 0.6 is 11.6 Å². The van der Waals surface area contributed by atoms with Gasteiger partial charge in [0.05, 0.1) is 17.1 Å². The minimum Gasteiger partial charge on any atom is -0.343 e. The highest BCUT2D eigenvalue weighted by atomic mass is 35.5. The van der Waals surface area contributed by atoms with Crippen molar-refractivity contribution in [2.75, 3.05) is 55.4 Å². The Bertz CT molecular complexity index is 2760. The topological polar surface area (TPSA) is 259 Å². The number of hydrogen-bond donors (Lipinski definition) is 4. The quantitative estimate of drug-likeness (QED) is 0.218. The number of nitrogens with one attached hydrogen (secondary N) is 4. The fraction of sp³-hybridized carbons (Fsp3) is 0.734. The number of halogens is 4. The van der Waals surface area contributed by atoms with Crippen LogP contribution in [0.5, 0.6) is 0 Å². The highest BCUT2D eigenvalue weighted by Crippen LogP contribution is 2.36. The second-order valence-electron chi connectivity index (χ2n) is 26.7. The van der Waals surface area contributed by atoms with Crippen molar-refractivity contribution in [2.24, 2.45) is 23.7 Å². The molecule has 4 N–H and O–H groups in total. The number of amides is 11. The highest BCUT2D eigenvalue weighted by molar-refractivity contribution is 6.31. The number of rotatable bonds is 11. The average molecular weight is 1290 g/mol. The van der Waals surface area contributed by atoms with Crippen molar-refractivity contribution in [3.05, 3.63) is 34.3 Å². The molecule has 0 radical (unpaired) electrons. The SMILES string of the molecule is CC[C@H](C)[C@@H]1NC(=O)[C@H](C)N(C)C(=O)C[C@@H](C)N(C)C(=O)[C@H](CC(C)C)NC(=O)C(C)(C)N(C)C(=O)[C@H](CC(C)C)NC(=O)[C@H](CCc2ccc(C(F)(F)F)c(Cl)c2)NC(=O)CN(C)C(=O)[C@H](CC2CCCCC2)N(C)C(=O)C2CCN2C(=O)[C@H](C)N(C)C1=O. The van der Waals surface area contributed by atoms with Crippen molar-refractivity contribution in [1.82, 2.24) is 55.6 Å². The van der Waals surface area contributed by atoms with Crippen LogP contribution < -0.4 is 21.3 Å². The van der Waals surface area contributed by atoms with Crippen LogP contribution in [0.1, 0.15) is 164 Å². The molecule has 3 aliphatic rings. The van der Waals surface area contributed by atoms with E-state index in [0.29, 0.717) is 6.42 Å². The predicted molar refractivity (Wildman–Crippen MR) is 335 cm³/mol. The van der Waals surface area contributed by atoms with E-state index >= 15 is 0 Å². The zero-order chi connectivity index (χ0) is 68.2. The van der Waals surface area contributed by atoms with Crippen molar-refractivity contribution in [2.45, 2.75) is 226 Å². The van der Waals surface area contributed by atoms with Crippen LogP contribution in [0.25, 0.3) is 0 Å². The normalized spacial score (nSPS) is 27.1. The van der Waals surface area contributed by atoms with Gasteiger partial charge in [0.2, 0.25) is 65.0 Å². The Balaban J connectivity index is 1.82. The molecule has 3 fully saturated rings. The molecule has 1 aliphatic carbocycles. The van der Waals surface area contributed by atoms with Gasteiger partial charge >= 0.3 is 6.18 Å². The summed E-state index contributed by atoms with van der Waals surface area (Å²) in [4.78, 5) is 168. The van der Waals surface area contributed by atoms with Crippen LogP contribution in [0.3, 0.4) is 0 Å². The minimum atomic E-state index is -4.76. The Kier molecular flexibility index (Phi) is 27.5.